The van der Waals surface area contributed by atoms with Crippen molar-refractivity contribution in [2.24, 2.45) is 0 Å². The molecule has 0 aromatic rings. The van der Waals surface area contributed by atoms with E-state index in [4.69, 9.17) is 4.55 Å². The van der Waals surface area contributed by atoms with Crippen molar-refractivity contribution in [3.05, 3.63) is 0 Å². The Hall–Kier alpha value is 0.380. The van der Waals surface area contributed by atoms with Gasteiger partial charge in [0.15, 0.2) is 0 Å². The average Bonchev–Trinajstić information content (AvgIpc) is 2.56. The minimum atomic E-state index is -4.06. The normalized spacial score (nSPS) is 12.4. The van der Waals surface area contributed by atoms with Crippen molar-refractivity contribution in [3.63, 3.8) is 0 Å². The Balaban J connectivity index is 0. The van der Waals surface area contributed by atoms with Crippen LogP contribution in [-0.2, 0) is 14.9 Å². The van der Waals surface area contributed by atoms with Crippen LogP contribution in [0.3, 0.4) is 0 Å². The Morgan fingerprint density at radius 3 is 1.62 bits per heavy atom. The summed E-state index contributed by atoms with van der Waals surface area (Å²) < 4.78 is 30.5. The molecule has 152 valence electrons. The summed E-state index contributed by atoms with van der Waals surface area (Å²) in [4.78, 5) is 11.6. The molecule has 0 aliphatic rings. The summed E-state index contributed by atoms with van der Waals surface area (Å²) in [5.41, 5.74) is 0. The number of hydrogen-bond donors (Lipinski definition) is 2. The predicted octanol–water partition coefficient (Wildman–Crippen LogP) is 4.21. The molecule has 0 aromatic heterocycles. The van der Waals surface area contributed by atoms with Gasteiger partial charge in [-0.3, -0.25) is 9.35 Å². The summed E-state index contributed by atoms with van der Waals surface area (Å²) in [5.74, 6) is -0.140. The van der Waals surface area contributed by atoms with Crippen molar-refractivity contribution >= 4 is 45.6 Å². The van der Waals surface area contributed by atoms with Crippen molar-refractivity contribution in [1.29, 1.82) is 0 Å². The monoisotopic (exact) mass is 401 g/mol. The molecule has 0 radical (unpaired) electrons. The zero-order valence-electron chi connectivity index (χ0n) is 16.3. The fourth-order valence-corrected chi connectivity index (χ4v) is 3.05. The standard InChI is InChI=1S/C19H39NO4S.Na.H/c1-3-4-5-6-7-8-9-10-11-12-13-14-15-16-19(21)20-17-18(2)25(22,23)24;;/h18H,3-17H2,1-2H3,(H,20,21)(H,22,23,24);;. The van der Waals surface area contributed by atoms with Crippen LogP contribution >= 0.6 is 0 Å². The van der Waals surface area contributed by atoms with E-state index in [2.05, 4.69) is 12.2 Å². The third kappa shape index (κ3) is 19.2. The van der Waals surface area contributed by atoms with Gasteiger partial charge < -0.3 is 5.32 Å². The Labute approximate surface area is 183 Å². The summed E-state index contributed by atoms with van der Waals surface area (Å²) in [6, 6.07) is 0. The number of carbonyl (C=O) groups excluding carboxylic acids is 1. The second-order valence-corrected chi connectivity index (χ2v) is 8.96. The van der Waals surface area contributed by atoms with Gasteiger partial charge in [0.2, 0.25) is 5.91 Å². The molecule has 1 atom stereocenters. The van der Waals surface area contributed by atoms with Crippen molar-refractivity contribution in [2.45, 2.75) is 109 Å². The first kappa shape index (κ1) is 28.6. The van der Waals surface area contributed by atoms with E-state index < -0.39 is 15.4 Å². The predicted molar refractivity (Wildman–Crippen MR) is 111 cm³/mol. The summed E-state index contributed by atoms with van der Waals surface area (Å²) in [6.45, 7) is 3.59. The number of nitrogens with one attached hydrogen (secondary N) is 1. The molecule has 1 unspecified atom stereocenters. The summed E-state index contributed by atoms with van der Waals surface area (Å²) >= 11 is 0. The quantitative estimate of drug-likeness (QED) is 0.217. The molecule has 26 heavy (non-hydrogen) atoms. The van der Waals surface area contributed by atoms with E-state index in [0.29, 0.717) is 6.42 Å². The second kappa shape index (κ2) is 18.7. The van der Waals surface area contributed by atoms with Crippen LogP contribution in [0.15, 0.2) is 0 Å². The fourth-order valence-electron chi connectivity index (χ4n) is 2.75. The van der Waals surface area contributed by atoms with Crippen molar-refractivity contribution in [3.8, 4) is 0 Å². The molecule has 0 saturated heterocycles. The van der Waals surface area contributed by atoms with Crippen LogP contribution in [0.25, 0.3) is 0 Å². The van der Waals surface area contributed by atoms with Crippen LogP contribution in [0, 0.1) is 0 Å². The summed E-state index contributed by atoms with van der Waals surface area (Å²) in [7, 11) is -4.06. The van der Waals surface area contributed by atoms with E-state index in [0.717, 1.165) is 19.3 Å². The zero-order valence-corrected chi connectivity index (χ0v) is 17.1. The van der Waals surface area contributed by atoms with Gasteiger partial charge in [0, 0.05) is 13.0 Å². The van der Waals surface area contributed by atoms with Gasteiger partial charge in [0.1, 0.15) is 5.25 Å². The molecular weight excluding hydrogens is 361 g/mol. The summed E-state index contributed by atoms with van der Waals surface area (Å²) in [5, 5.41) is 1.60. The Bertz CT molecular complexity index is 429. The molecule has 1 amide bonds. The van der Waals surface area contributed by atoms with Gasteiger partial charge in [-0.15, -0.1) is 0 Å². The van der Waals surface area contributed by atoms with Crippen LogP contribution in [0.2, 0.25) is 0 Å². The average molecular weight is 402 g/mol. The van der Waals surface area contributed by atoms with E-state index in [-0.39, 0.29) is 42.0 Å². The van der Waals surface area contributed by atoms with Crippen molar-refractivity contribution < 1.29 is 17.8 Å². The van der Waals surface area contributed by atoms with Crippen LogP contribution in [-0.4, -0.2) is 60.2 Å². The maximum absolute atomic E-state index is 11.6. The molecule has 2 N–H and O–H groups in total. The molecule has 0 rings (SSSR count). The minimum absolute atomic E-state index is 0. The van der Waals surface area contributed by atoms with E-state index in [1.165, 1.54) is 71.1 Å². The molecule has 7 heteroatoms. The number of unbranched alkanes of at least 4 members (excludes halogenated alkanes) is 12. The van der Waals surface area contributed by atoms with Crippen LogP contribution in [0.1, 0.15) is 104 Å². The van der Waals surface area contributed by atoms with E-state index in [9.17, 15) is 13.2 Å². The number of rotatable bonds is 17. The maximum atomic E-state index is 11.6. The van der Waals surface area contributed by atoms with Crippen LogP contribution in [0.5, 0.6) is 0 Å². The molecule has 0 spiro atoms. The van der Waals surface area contributed by atoms with Crippen molar-refractivity contribution in [1.82, 2.24) is 5.32 Å². The van der Waals surface area contributed by atoms with Gasteiger partial charge in [-0.25, -0.2) is 0 Å². The molecule has 0 aliphatic heterocycles. The van der Waals surface area contributed by atoms with E-state index >= 15 is 0 Å². The van der Waals surface area contributed by atoms with E-state index in [1.807, 2.05) is 0 Å². The molecular formula is C19H40NNaO4S. The first-order chi connectivity index (χ1) is 11.9. The third-order valence-electron chi connectivity index (χ3n) is 4.60. The van der Waals surface area contributed by atoms with Crippen LogP contribution < -0.4 is 5.32 Å². The Morgan fingerprint density at radius 1 is 0.846 bits per heavy atom. The summed E-state index contributed by atoms with van der Waals surface area (Å²) in [6.07, 6.45) is 16.9. The molecule has 0 heterocycles. The topological polar surface area (TPSA) is 83.5 Å². The van der Waals surface area contributed by atoms with Gasteiger partial charge in [-0.1, -0.05) is 84.0 Å². The molecule has 0 bridgehead atoms. The number of amides is 1. The third-order valence-corrected chi connectivity index (χ3v) is 5.79. The number of hydrogen-bond acceptors (Lipinski definition) is 3. The molecule has 5 nitrogen and oxygen atoms in total. The van der Waals surface area contributed by atoms with Gasteiger partial charge in [0.05, 0.1) is 0 Å². The Kier molecular flexibility index (Phi) is 20.6. The van der Waals surface area contributed by atoms with Crippen LogP contribution in [0.4, 0.5) is 0 Å². The molecule has 0 aromatic carbocycles. The van der Waals surface area contributed by atoms with Crippen molar-refractivity contribution in [2.75, 3.05) is 6.54 Å². The second-order valence-electron chi connectivity index (χ2n) is 7.12. The first-order valence-corrected chi connectivity index (χ1v) is 11.6. The molecule has 0 aliphatic carbocycles. The van der Waals surface area contributed by atoms with Gasteiger partial charge in [-0.2, -0.15) is 8.42 Å². The number of carbonyl (C=O) groups is 1. The molecule has 0 saturated carbocycles. The van der Waals surface area contributed by atoms with Gasteiger partial charge in [-0.05, 0) is 13.3 Å². The van der Waals surface area contributed by atoms with Gasteiger partial charge >= 0.3 is 29.6 Å². The fraction of sp³-hybridized carbons (Fsp3) is 0.947. The Morgan fingerprint density at radius 2 is 1.23 bits per heavy atom. The molecule has 0 fully saturated rings. The van der Waals surface area contributed by atoms with E-state index in [1.54, 1.807) is 0 Å². The van der Waals surface area contributed by atoms with Gasteiger partial charge in [0.25, 0.3) is 10.1 Å². The first-order valence-electron chi connectivity index (χ1n) is 10.1. The zero-order chi connectivity index (χ0) is 19.0. The SMILES string of the molecule is CCCCCCCCCCCCCCCC(=O)NCC(C)S(=O)(=O)O.[NaH].